The number of halogens is 2. The number of carbonyl (C=O) groups is 1. The molecule has 3 rings (SSSR count). The zero-order valence-corrected chi connectivity index (χ0v) is 18.0. The fourth-order valence-corrected chi connectivity index (χ4v) is 4.61. The molecule has 0 spiro atoms. The summed E-state index contributed by atoms with van der Waals surface area (Å²) in [7, 11) is 0. The molecule has 1 aliphatic rings. The summed E-state index contributed by atoms with van der Waals surface area (Å²) in [5.74, 6) is 0.157. The molecule has 5 heteroatoms. The first-order valence-electron chi connectivity index (χ1n) is 9.99. The Morgan fingerprint density at radius 3 is 2.59 bits per heavy atom. The van der Waals surface area contributed by atoms with E-state index in [1.54, 1.807) is 18.2 Å². The molecule has 1 saturated heterocycles. The van der Waals surface area contributed by atoms with E-state index in [1.807, 2.05) is 30.3 Å². The lowest BCUT2D eigenvalue weighted by Crippen LogP contribution is -2.51. The zero-order valence-electron chi connectivity index (χ0n) is 16.5. The van der Waals surface area contributed by atoms with Crippen molar-refractivity contribution < 1.29 is 9.90 Å². The average molecular weight is 432 g/mol. The second-order valence-corrected chi connectivity index (χ2v) is 8.81. The number of aliphatic hydroxyl groups excluding tert-OH is 1. The van der Waals surface area contributed by atoms with Crippen LogP contribution in [0.3, 0.4) is 0 Å². The first-order valence-corrected chi connectivity index (χ1v) is 10.7. The Bertz CT molecular complexity index is 852. The highest BCUT2D eigenvalue weighted by Gasteiger charge is 2.39. The van der Waals surface area contributed by atoms with Crippen molar-refractivity contribution in [2.24, 2.45) is 11.8 Å². The molecule has 1 aliphatic heterocycles. The normalized spacial score (nSPS) is 23.9. The molecule has 0 aromatic heterocycles. The standard InChI is InChI=1S/C24H27Cl2NO2/c1-3-5-18-14-21(17-6-4-7-20(26)13-17)23(27-24(18)29)15(2)12-22(28)16-8-10-19(25)11-9-16/h3-4,6-11,13,15,18,21-23,28H,1,5,12,14H2,2H3,(H,27,29)/t15?,18-,21-,22+,23+/m1/s1. The Hall–Kier alpha value is -1.81. The van der Waals surface area contributed by atoms with Crippen molar-refractivity contribution in [2.45, 2.75) is 44.2 Å². The van der Waals surface area contributed by atoms with Crippen LogP contribution in [-0.2, 0) is 4.79 Å². The van der Waals surface area contributed by atoms with Gasteiger partial charge in [-0.25, -0.2) is 0 Å². The second kappa shape index (κ2) is 9.80. The van der Waals surface area contributed by atoms with E-state index in [0.29, 0.717) is 22.9 Å². The molecule has 5 atom stereocenters. The van der Waals surface area contributed by atoms with Crippen LogP contribution in [0.15, 0.2) is 61.2 Å². The lowest BCUT2D eigenvalue weighted by atomic mass is 9.73. The van der Waals surface area contributed by atoms with Crippen molar-refractivity contribution >= 4 is 29.1 Å². The first-order chi connectivity index (χ1) is 13.9. The quantitative estimate of drug-likeness (QED) is 0.534. The van der Waals surface area contributed by atoms with Gasteiger partial charge in [0, 0.05) is 27.9 Å². The summed E-state index contributed by atoms with van der Waals surface area (Å²) in [6.45, 7) is 5.87. The largest absolute Gasteiger partial charge is 0.388 e. The van der Waals surface area contributed by atoms with Gasteiger partial charge in [-0.05, 0) is 60.6 Å². The van der Waals surface area contributed by atoms with Gasteiger partial charge in [0.2, 0.25) is 5.91 Å². The van der Waals surface area contributed by atoms with E-state index < -0.39 is 6.10 Å². The van der Waals surface area contributed by atoms with Crippen molar-refractivity contribution in [3.63, 3.8) is 0 Å². The number of piperidine rings is 1. The molecule has 2 N–H and O–H groups in total. The number of allylic oxidation sites excluding steroid dienone is 1. The van der Waals surface area contributed by atoms with E-state index in [1.165, 1.54) is 0 Å². The van der Waals surface area contributed by atoms with Gasteiger partial charge in [0.1, 0.15) is 0 Å². The van der Waals surface area contributed by atoms with Gasteiger partial charge in [-0.15, -0.1) is 6.58 Å². The molecular weight excluding hydrogens is 405 g/mol. The smallest absolute Gasteiger partial charge is 0.223 e. The summed E-state index contributed by atoms with van der Waals surface area (Å²) in [5, 5.41) is 15.3. The number of amides is 1. The molecule has 29 heavy (non-hydrogen) atoms. The van der Waals surface area contributed by atoms with E-state index in [2.05, 4.69) is 24.9 Å². The van der Waals surface area contributed by atoms with E-state index in [-0.39, 0.29) is 29.7 Å². The summed E-state index contributed by atoms with van der Waals surface area (Å²) in [6, 6.07) is 15.0. The van der Waals surface area contributed by atoms with Crippen LogP contribution < -0.4 is 5.32 Å². The molecule has 0 aliphatic carbocycles. The highest BCUT2D eigenvalue weighted by Crippen LogP contribution is 2.39. The van der Waals surface area contributed by atoms with Crippen molar-refractivity contribution in [3.05, 3.63) is 82.4 Å². The maximum atomic E-state index is 12.7. The van der Waals surface area contributed by atoms with Crippen LogP contribution in [0.4, 0.5) is 0 Å². The predicted octanol–water partition coefficient (Wildman–Crippen LogP) is 5.92. The average Bonchev–Trinajstić information content (AvgIpc) is 2.69. The molecule has 154 valence electrons. The Kier molecular flexibility index (Phi) is 7.39. The minimum atomic E-state index is -0.620. The lowest BCUT2D eigenvalue weighted by molar-refractivity contribution is -0.129. The van der Waals surface area contributed by atoms with Crippen molar-refractivity contribution in [1.29, 1.82) is 0 Å². The van der Waals surface area contributed by atoms with Crippen LogP contribution in [0, 0.1) is 11.8 Å². The molecule has 0 radical (unpaired) electrons. The van der Waals surface area contributed by atoms with Gasteiger partial charge in [0.15, 0.2) is 0 Å². The third-order valence-electron chi connectivity index (χ3n) is 5.84. The van der Waals surface area contributed by atoms with Gasteiger partial charge in [0.05, 0.1) is 6.10 Å². The van der Waals surface area contributed by atoms with Crippen LogP contribution in [0.1, 0.15) is 49.3 Å². The molecule has 0 bridgehead atoms. The Morgan fingerprint density at radius 1 is 1.21 bits per heavy atom. The molecule has 0 saturated carbocycles. The summed E-state index contributed by atoms with van der Waals surface area (Å²) < 4.78 is 0. The fraction of sp³-hybridized carbons (Fsp3) is 0.375. The van der Waals surface area contributed by atoms with Crippen LogP contribution in [0.25, 0.3) is 0 Å². The summed E-state index contributed by atoms with van der Waals surface area (Å²) in [6.07, 6.45) is 3.11. The third kappa shape index (κ3) is 5.42. The molecule has 1 fully saturated rings. The topological polar surface area (TPSA) is 49.3 Å². The van der Waals surface area contributed by atoms with E-state index >= 15 is 0 Å². The predicted molar refractivity (Wildman–Crippen MR) is 119 cm³/mol. The van der Waals surface area contributed by atoms with E-state index in [0.717, 1.165) is 17.5 Å². The van der Waals surface area contributed by atoms with Crippen LogP contribution >= 0.6 is 23.2 Å². The van der Waals surface area contributed by atoms with Crippen molar-refractivity contribution in [1.82, 2.24) is 5.32 Å². The minimum Gasteiger partial charge on any atom is -0.388 e. The Labute approximate surface area is 182 Å². The van der Waals surface area contributed by atoms with Gasteiger partial charge in [0.25, 0.3) is 0 Å². The Balaban J connectivity index is 1.82. The van der Waals surface area contributed by atoms with Gasteiger partial charge < -0.3 is 10.4 Å². The Morgan fingerprint density at radius 2 is 1.93 bits per heavy atom. The molecular formula is C24H27Cl2NO2. The van der Waals surface area contributed by atoms with Crippen LogP contribution in [-0.4, -0.2) is 17.1 Å². The summed E-state index contributed by atoms with van der Waals surface area (Å²) >= 11 is 12.2. The number of nitrogens with one attached hydrogen (secondary N) is 1. The van der Waals surface area contributed by atoms with Gasteiger partial charge >= 0.3 is 0 Å². The number of hydrogen-bond donors (Lipinski definition) is 2. The first kappa shape index (κ1) is 21.9. The third-order valence-corrected chi connectivity index (χ3v) is 6.33. The number of aliphatic hydroxyl groups is 1. The monoisotopic (exact) mass is 431 g/mol. The number of hydrogen-bond acceptors (Lipinski definition) is 2. The molecule has 2 aromatic carbocycles. The summed E-state index contributed by atoms with van der Waals surface area (Å²) in [5.41, 5.74) is 1.94. The maximum absolute atomic E-state index is 12.7. The molecule has 1 unspecified atom stereocenters. The van der Waals surface area contributed by atoms with E-state index in [9.17, 15) is 9.90 Å². The maximum Gasteiger partial charge on any atom is 0.223 e. The minimum absolute atomic E-state index is 0.0565. The number of benzene rings is 2. The number of rotatable bonds is 7. The van der Waals surface area contributed by atoms with Crippen molar-refractivity contribution in [2.75, 3.05) is 0 Å². The molecule has 2 aromatic rings. The highest BCUT2D eigenvalue weighted by molar-refractivity contribution is 6.30. The fourth-order valence-electron chi connectivity index (χ4n) is 4.29. The second-order valence-electron chi connectivity index (χ2n) is 7.93. The zero-order chi connectivity index (χ0) is 21.0. The SMILES string of the molecule is C=CC[C@@H]1C[C@H](c2cccc(Cl)c2)[C@H](C(C)C[C@H](O)c2ccc(Cl)cc2)NC1=O. The van der Waals surface area contributed by atoms with Crippen LogP contribution in [0.2, 0.25) is 10.0 Å². The lowest BCUT2D eigenvalue weighted by Gasteiger charge is -2.40. The highest BCUT2D eigenvalue weighted by atomic mass is 35.5. The molecule has 3 nitrogen and oxygen atoms in total. The summed E-state index contributed by atoms with van der Waals surface area (Å²) in [4.78, 5) is 12.7. The van der Waals surface area contributed by atoms with Gasteiger partial charge in [-0.3, -0.25) is 4.79 Å². The van der Waals surface area contributed by atoms with Crippen LogP contribution in [0.5, 0.6) is 0 Å². The molecule has 1 heterocycles. The van der Waals surface area contributed by atoms with E-state index in [4.69, 9.17) is 23.2 Å². The van der Waals surface area contributed by atoms with Crippen molar-refractivity contribution in [3.8, 4) is 0 Å². The van der Waals surface area contributed by atoms with Gasteiger partial charge in [-0.1, -0.05) is 60.5 Å². The van der Waals surface area contributed by atoms with Gasteiger partial charge in [-0.2, -0.15) is 0 Å². The molecule has 1 amide bonds. The number of carbonyl (C=O) groups excluding carboxylic acids is 1.